The first-order chi connectivity index (χ1) is 7.56. The Bertz CT molecular complexity index is 379. The van der Waals surface area contributed by atoms with Crippen LogP contribution in [0.2, 0.25) is 0 Å². The molecule has 1 unspecified atom stereocenters. The lowest BCUT2D eigenvalue weighted by Crippen LogP contribution is -2.37. The molecule has 3 nitrogen and oxygen atoms in total. The quantitative estimate of drug-likeness (QED) is 0.828. The maximum atomic E-state index is 11.9. The minimum absolute atomic E-state index is 0.00174. The number of hydrogen-bond acceptors (Lipinski definition) is 2. The predicted octanol–water partition coefficient (Wildman–Crippen LogP) is 1.94. The van der Waals surface area contributed by atoms with Gasteiger partial charge in [0.1, 0.15) is 0 Å². The molecule has 1 rings (SSSR count). The first kappa shape index (κ1) is 13.4. The van der Waals surface area contributed by atoms with Crippen molar-refractivity contribution in [2.24, 2.45) is 0 Å². The summed E-state index contributed by atoms with van der Waals surface area (Å²) in [6.07, 6.45) is 0. The van der Waals surface area contributed by atoms with Crippen LogP contribution in [0.15, 0.2) is 18.2 Å². The molecule has 16 heavy (non-hydrogen) atoms. The average Bonchev–Trinajstić information content (AvgIpc) is 2.29. The minimum atomic E-state index is -0.00174. The summed E-state index contributed by atoms with van der Waals surface area (Å²) in [5.41, 5.74) is 1.80. The molecular formula is C12H17IN2O. The number of benzene rings is 1. The molecule has 0 fully saturated rings. The summed E-state index contributed by atoms with van der Waals surface area (Å²) in [6.45, 7) is 4.64. The third kappa shape index (κ3) is 3.45. The zero-order valence-electron chi connectivity index (χ0n) is 9.80. The van der Waals surface area contributed by atoms with Gasteiger partial charge in [0, 0.05) is 21.7 Å². The van der Waals surface area contributed by atoms with E-state index in [-0.39, 0.29) is 11.9 Å². The number of hydrogen-bond donors (Lipinski definition) is 2. The first-order valence-electron chi connectivity index (χ1n) is 5.26. The van der Waals surface area contributed by atoms with Crippen LogP contribution in [0.1, 0.15) is 22.8 Å². The summed E-state index contributed by atoms with van der Waals surface area (Å²) in [5.74, 6) is -0.00174. The van der Waals surface area contributed by atoms with Crippen molar-refractivity contribution in [2.45, 2.75) is 19.9 Å². The van der Waals surface area contributed by atoms with Crippen LogP contribution in [0.5, 0.6) is 0 Å². The van der Waals surface area contributed by atoms with Crippen LogP contribution in [0, 0.1) is 10.5 Å². The van der Waals surface area contributed by atoms with Gasteiger partial charge in [-0.25, -0.2) is 0 Å². The lowest BCUT2D eigenvalue weighted by molar-refractivity contribution is 0.0950. The van der Waals surface area contributed by atoms with E-state index in [0.717, 1.165) is 14.7 Å². The Kier molecular flexibility index (Phi) is 5.21. The maximum absolute atomic E-state index is 11.9. The van der Waals surface area contributed by atoms with Gasteiger partial charge in [0.05, 0.1) is 0 Å². The maximum Gasteiger partial charge on any atom is 0.251 e. The molecule has 4 heteroatoms. The molecule has 88 valence electrons. The van der Waals surface area contributed by atoms with Crippen molar-refractivity contribution in [1.82, 2.24) is 10.6 Å². The molecule has 2 N–H and O–H groups in total. The van der Waals surface area contributed by atoms with Gasteiger partial charge in [-0.3, -0.25) is 4.79 Å². The summed E-state index contributed by atoms with van der Waals surface area (Å²) >= 11 is 2.24. The van der Waals surface area contributed by atoms with Gasteiger partial charge in [0.15, 0.2) is 0 Å². The van der Waals surface area contributed by atoms with E-state index >= 15 is 0 Å². The topological polar surface area (TPSA) is 41.1 Å². The molecule has 1 aromatic rings. The summed E-state index contributed by atoms with van der Waals surface area (Å²) in [5, 5.41) is 5.99. The third-order valence-electron chi connectivity index (χ3n) is 2.57. The summed E-state index contributed by atoms with van der Waals surface area (Å²) in [4.78, 5) is 11.9. The van der Waals surface area contributed by atoms with E-state index in [1.807, 2.05) is 39.1 Å². The molecular weight excluding hydrogens is 315 g/mol. The van der Waals surface area contributed by atoms with Crippen LogP contribution in [-0.4, -0.2) is 25.5 Å². The van der Waals surface area contributed by atoms with Gasteiger partial charge in [-0.05, 0) is 61.2 Å². The van der Waals surface area contributed by atoms with Gasteiger partial charge in [-0.2, -0.15) is 0 Å². The summed E-state index contributed by atoms with van der Waals surface area (Å²) < 4.78 is 1.12. The standard InChI is InChI=1S/C12H17IN2O/c1-8(14-3)7-15-12(16)10-5-4-6-11(13)9(10)2/h4-6,8,14H,7H2,1-3H3,(H,15,16). The zero-order chi connectivity index (χ0) is 12.1. The molecule has 0 heterocycles. The van der Waals surface area contributed by atoms with Crippen LogP contribution in [0.3, 0.4) is 0 Å². The highest BCUT2D eigenvalue weighted by molar-refractivity contribution is 14.1. The van der Waals surface area contributed by atoms with Crippen molar-refractivity contribution in [1.29, 1.82) is 0 Å². The van der Waals surface area contributed by atoms with Gasteiger partial charge in [0.25, 0.3) is 5.91 Å². The Morgan fingerprint density at radius 3 is 2.81 bits per heavy atom. The Hall–Kier alpha value is -0.620. The van der Waals surface area contributed by atoms with Gasteiger partial charge in [-0.1, -0.05) is 6.07 Å². The molecule has 0 aliphatic rings. The molecule has 0 saturated carbocycles. The first-order valence-corrected chi connectivity index (χ1v) is 6.34. The molecule has 0 aromatic heterocycles. The molecule has 1 atom stereocenters. The highest BCUT2D eigenvalue weighted by Crippen LogP contribution is 2.15. The second-order valence-electron chi connectivity index (χ2n) is 3.81. The lowest BCUT2D eigenvalue weighted by atomic mass is 10.1. The van der Waals surface area contributed by atoms with E-state index < -0.39 is 0 Å². The van der Waals surface area contributed by atoms with Gasteiger partial charge in [-0.15, -0.1) is 0 Å². The smallest absolute Gasteiger partial charge is 0.251 e. The molecule has 1 aromatic carbocycles. The second kappa shape index (κ2) is 6.20. The monoisotopic (exact) mass is 332 g/mol. The van der Waals surface area contributed by atoms with Crippen molar-refractivity contribution in [2.75, 3.05) is 13.6 Å². The molecule has 0 aliphatic heterocycles. The van der Waals surface area contributed by atoms with Crippen molar-refractivity contribution in [3.05, 3.63) is 32.9 Å². The van der Waals surface area contributed by atoms with E-state index in [2.05, 4.69) is 33.2 Å². The summed E-state index contributed by atoms with van der Waals surface area (Å²) in [6, 6.07) is 6.05. The van der Waals surface area contributed by atoms with E-state index in [4.69, 9.17) is 0 Å². The minimum Gasteiger partial charge on any atom is -0.350 e. The van der Waals surface area contributed by atoms with Gasteiger partial charge in [0.2, 0.25) is 0 Å². The Morgan fingerprint density at radius 1 is 1.50 bits per heavy atom. The fraction of sp³-hybridized carbons (Fsp3) is 0.417. The molecule has 1 amide bonds. The molecule has 0 radical (unpaired) electrons. The van der Waals surface area contributed by atoms with Crippen LogP contribution in [-0.2, 0) is 0 Å². The second-order valence-corrected chi connectivity index (χ2v) is 4.97. The van der Waals surface area contributed by atoms with E-state index in [9.17, 15) is 4.79 Å². The van der Waals surface area contributed by atoms with Gasteiger partial charge < -0.3 is 10.6 Å². The Balaban J connectivity index is 2.70. The van der Waals surface area contributed by atoms with E-state index in [1.54, 1.807) is 0 Å². The van der Waals surface area contributed by atoms with Crippen molar-refractivity contribution < 1.29 is 4.79 Å². The lowest BCUT2D eigenvalue weighted by Gasteiger charge is -2.12. The highest BCUT2D eigenvalue weighted by atomic mass is 127. The number of carbonyl (C=O) groups is 1. The predicted molar refractivity (Wildman–Crippen MR) is 74.8 cm³/mol. The number of halogens is 1. The van der Waals surface area contributed by atoms with Crippen LogP contribution in [0.25, 0.3) is 0 Å². The van der Waals surface area contributed by atoms with Gasteiger partial charge >= 0.3 is 0 Å². The normalized spacial score (nSPS) is 12.2. The van der Waals surface area contributed by atoms with Crippen molar-refractivity contribution >= 4 is 28.5 Å². The third-order valence-corrected chi connectivity index (χ3v) is 3.74. The van der Waals surface area contributed by atoms with Crippen LogP contribution < -0.4 is 10.6 Å². The fourth-order valence-corrected chi connectivity index (χ4v) is 1.79. The van der Waals surface area contributed by atoms with Crippen molar-refractivity contribution in [3.8, 4) is 0 Å². The highest BCUT2D eigenvalue weighted by Gasteiger charge is 2.10. The number of likely N-dealkylation sites (N-methyl/N-ethyl adjacent to an activating group) is 1. The van der Waals surface area contributed by atoms with Crippen LogP contribution in [0.4, 0.5) is 0 Å². The zero-order valence-corrected chi connectivity index (χ0v) is 12.0. The Morgan fingerprint density at radius 2 is 2.19 bits per heavy atom. The fourth-order valence-electron chi connectivity index (χ4n) is 1.30. The number of rotatable bonds is 4. The SMILES string of the molecule is CNC(C)CNC(=O)c1cccc(I)c1C. The Labute approximate surface area is 110 Å². The summed E-state index contributed by atoms with van der Waals surface area (Å²) in [7, 11) is 1.88. The number of carbonyl (C=O) groups excluding carboxylic acids is 1. The molecule has 0 saturated heterocycles. The molecule has 0 spiro atoms. The van der Waals surface area contributed by atoms with Crippen LogP contribution >= 0.6 is 22.6 Å². The molecule has 0 bridgehead atoms. The van der Waals surface area contributed by atoms with E-state index in [0.29, 0.717) is 6.54 Å². The van der Waals surface area contributed by atoms with Crippen molar-refractivity contribution in [3.63, 3.8) is 0 Å². The van der Waals surface area contributed by atoms with E-state index in [1.165, 1.54) is 0 Å². The number of amides is 1. The largest absolute Gasteiger partial charge is 0.350 e. The average molecular weight is 332 g/mol. The number of nitrogens with one attached hydrogen (secondary N) is 2. The molecule has 0 aliphatic carbocycles.